The standard InChI is InChI=1S/C21H19ClN2O4/c1-4-28-21(27)14-6-5-7-15(11-14)23-18-17(22)19(25)24(20(18)26)16-9-12(2)8-13(3)10-16/h5-11,23H,4H2,1-3H3. The molecule has 0 atom stereocenters. The van der Waals surface area contributed by atoms with Crippen molar-refractivity contribution in [3.05, 3.63) is 69.9 Å². The van der Waals surface area contributed by atoms with Crippen LogP contribution < -0.4 is 10.2 Å². The number of anilines is 2. The second-order valence-corrected chi connectivity index (χ2v) is 6.78. The van der Waals surface area contributed by atoms with E-state index in [-0.39, 0.29) is 17.3 Å². The number of carbonyl (C=O) groups is 3. The van der Waals surface area contributed by atoms with Crippen LogP contribution in [0.5, 0.6) is 0 Å². The number of benzene rings is 2. The molecule has 28 heavy (non-hydrogen) atoms. The van der Waals surface area contributed by atoms with Gasteiger partial charge in [-0.05, 0) is 62.2 Å². The lowest BCUT2D eigenvalue weighted by Crippen LogP contribution is -2.32. The maximum absolute atomic E-state index is 12.9. The summed E-state index contributed by atoms with van der Waals surface area (Å²) in [5.74, 6) is -1.63. The summed E-state index contributed by atoms with van der Waals surface area (Å²) in [6, 6.07) is 11.9. The Morgan fingerprint density at radius 1 is 1.07 bits per heavy atom. The minimum Gasteiger partial charge on any atom is -0.462 e. The van der Waals surface area contributed by atoms with E-state index in [1.807, 2.05) is 19.9 Å². The predicted molar refractivity (Wildman–Crippen MR) is 107 cm³/mol. The zero-order valence-electron chi connectivity index (χ0n) is 15.7. The molecule has 1 N–H and O–H groups in total. The van der Waals surface area contributed by atoms with Gasteiger partial charge >= 0.3 is 5.97 Å². The van der Waals surface area contributed by atoms with E-state index in [2.05, 4.69) is 5.32 Å². The molecule has 2 aromatic carbocycles. The molecule has 7 heteroatoms. The smallest absolute Gasteiger partial charge is 0.338 e. The molecule has 0 fully saturated rings. The van der Waals surface area contributed by atoms with E-state index in [0.717, 1.165) is 16.0 Å². The molecule has 0 bridgehead atoms. The van der Waals surface area contributed by atoms with E-state index in [4.69, 9.17) is 16.3 Å². The quantitative estimate of drug-likeness (QED) is 0.610. The van der Waals surface area contributed by atoms with Crippen molar-refractivity contribution >= 4 is 40.8 Å². The second kappa shape index (κ2) is 7.86. The number of esters is 1. The predicted octanol–water partition coefficient (Wildman–Crippen LogP) is 3.92. The van der Waals surface area contributed by atoms with Gasteiger partial charge in [0.2, 0.25) is 0 Å². The lowest BCUT2D eigenvalue weighted by atomic mass is 10.1. The van der Waals surface area contributed by atoms with Gasteiger partial charge in [0.1, 0.15) is 10.7 Å². The van der Waals surface area contributed by atoms with Crippen LogP contribution in [0.15, 0.2) is 53.2 Å². The van der Waals surface area contributed by atoms with Crippen molar-refractivity contribution in [3.8, 4) is 0 Å². The summed E-state index contributed by atoms with van der Waals surface area (Å²) in [6.07, 6.45) is 0. The highest BCUT2D eigenvalue weighted by atomic mass is 35.5. The Kier molecular flexibility index (Phi) is 5.51. The number of hydrogen-bond donors (Lipinski definition) is 1. The zero-order chi connectivity index (χ0) is 20.4. The summed E-state index contributed by atoms with van der Waals surface area (Å²) in [4.78, 5) is 38.4. The van der Waals surface area contributed by atoms with Gasteiger partial charge in [0.15, 0.2) is 0 Å². The fourth-order valence-electron chi connectivity index (χ4n) is 3.01. The first kappa shape index (κ1) is 19.6. The number of nitrogens with zero attached hydrogens (tertiary/aromatic N) is 1. The molecule has 3 rings (SSSR count). The monoisotopic (exact) mass is 398 g/mol. The molecule has 1 heterocycles. The van der Waals surface area contributed by atoms with Crippen LogP contribution in [-0.4, -0.2) is 24.4 Å². The van der Waals surface area contributed by atoms with Gasteiger partial charge in [-0.1, -0.05) is 23.7 Å². The number of nitrogens with one attached hydrogen (secondary N) is 1. The largest absolute Gasteiger partial charge is 0.462 e. The highest BCUT2D eigenvalue weighted by Crippen LogP contribution is 2.31. The number of aryl methyl sites for hydroxylation is 2. The Labute approximate surface area is 167 Å². The Morgan fingerprint density at radius 3 is 2.39 bits per heavy atom. The third-order valence-electron chi connectivity index (χ3n) is 4.13. The van der Waals surface area contributed by atoms with Crippen molar-refractivity contribution in [2.45, 2.75) is 20.8 Å². The molecule has 0 aromatic heterocycles. The van der Waals surface area contributed by atoms with E-state index in [0.29, 0.717) is 16.9 Å². The molecule has 1 aliphatic rings. The average Bonchev–Trinajstić information content (AvgIpc) is 2.85. The Morgan fingerprint density at radius 2 is 1.75 bits per heavy atom. The van der Waals surface area contributed by atoms with Crippen LogP contribution in [0.3, 0.4) is 0 Å². The molecule has 0 radical (unpaired) electrons. The van der Waals surface area contributed by atoms with Crippen LogP contribution in [0.4, 0.5) is 11.4 Å². The van der Waals surface area contributed by atoms with Gasteiger partial charge in [0.25, 0.3) is 11.8 Å². The van der Waals surface area contributed by atoms with Gasteiger partial charge < -0.3 is 10.1 Å². The summed E-state index contributed by atoms with van der Waals surface area (Å²) in [5.41, 5.74) is 3.05. The van der Waals surface area contributed by atoms with Crippen molar-refractivity contribution in [3.63, 3.8) is 0 Å². The van der Waals surface area contributed by atoms with E-state index in [9.17, 15) is 14.4 Å². The highest BCUT2D eigenvalue weighted by molar-refractivity contribution is 6.53. The molecule has 0 saturated heterocycles. The maximum Gasteiger partial charge on any atom is 0.338 e. The fraction of sp³-hybridized carbons (Fsp3) is 0.190. The summed E-state index contributed by atoms with van der Waals surface area (Å²) in [7, 11) is 0. The normalized spacial score (nSPS) is 13.9. The molecular weight excluding hydrogens is 380 g/mol. The zero-order valence-corrected chi connectivity index (χ0v) is 16.5. The number of imide groups is 1. The van der Waals surface area contributed by atoms with Crippen molar-refractivity contribution in [2.24, 2.45) is 0 Å². The molecule has 0 spiro atoms. The third kappa shape index (κ3) is 3.77. The molecule has 2 amide bonds. The Hall–Kier alpha value is -3.12. The van der Waals surface area contributed by atoms with Crippen molar-refractivity contribution in [1.82, 2.24) is 0 Å². The summed E-state index contributed by atoms with van der Waals surface area (Å²) in [6.45, 7) is 5.74. The number of amides is 2. The van der Waals surface area contributed by atoms with Crippen molar-refractivity contribution in [1.29, 1.82) is 0 Å². The maximum atomic E-state index is 12.9. The van der Waals surface area contributed by atoms with Crippen LogP contribution in [0.1, 0.15) is 28.4 Å². The van der Waals surface area contributed by atoms with E-state index >= 15 is 0 Å². The summed E-state index contributed by atoms with van der Waals surface area (Å²) >= 11 is 6.16. The number of rotatable bonds is 5. The minimum absolute atomic E-state index is 0.0353. The molecular formula is C21H19ClN2O4. The first-order valence-electron chi connectivity index (χ1n) is 8.73. The Bertz CT molecular complexity index is 993. The number of hydrogen-bond acceptors (Lipinski definition) is 5. The SMILES string of the molecule is CCOC(=O)c1cccc(NC2=C(Cl)C(=O)N(c3cc(C)cc(C)c3)C2=O)c1. The van der Waals surface area contributed by atoms with Crippen molar-refractivity contribution < 1.29 is 19.1 Å². The van der Waals surface area contributed by atoms with E-state index in [1.54, 1.807) is 37.3 Å². The lowest BCUT2D eigenvalue weighted by Gasteiger charge is -2.16. The van der Waals surface area contributed by atoms with Crippen LogP contribution in [0.2, 0.25) is 0 Å². The van der Waals surface area contributed by atoms with Gasteiger partial charge in [-0.25, -0.2) is 9.69 Å². The summed E-state index contributed by atoms with van der Waals surface area (Å²) in [5, 5.41) is 2.66. The molecule has 0 unspecified atom stereocenters. The highest BCUT2D eigenvalue weighted by Gasteiger charge is 2.39. The van der Waals surface area contributed by atoms with Gasteiger partial charge in [-0.3, -0.25) is 9.59 Å². The molecule has 2 aromatic rings. The average molecular weight is 399 g/mol. The number of halogens is 1. The van der Waals surface area contributed by atoms with Gasteiger partial charge in [-0.15, -0.1) is 0 Å². The van der Waals surface area contributed by atoms with Gasteiger partial charge in [-0.2, -0.15) is 0 Å². The molecule has 0 aliphatic carbocycles. The third-order valence-corrected chi connectivity index (χ3v) is 4.49. The van der Waals surface area contributed by atoms with Crippen LogP contribution in [-0.2, 0) is 14.3 Å². The lowest BCUT2D eigenvalue weighted by molar-refractivity contribution is -0.120. The fourth-order valence-corrected chi connectivity index (χ4v) is 3.22. The number of carbonyl (C=O) groups excluding carboxylic acids is 3. The molecule has 0 saturated carbocycles. The number of ether oxygens (including phenoxy) is 1. The molecule has 6 nitrogen and oxygen atoms in total. The van der Waals surface area contributed by atoms with Crippen LogP contribution >= 0.6 is 11.6 Å². The second-order valence-electron chi connectivity index (χ2n) is 6.41. The molecule has 144 valence electrons. The van der Waals surface area contributed by atoms with Gasteiger partial charge in [0.05, 0.1) is 17.9 Å². The van der Waals surface area contributed by atoms with E-state index < -0.39 is 17.8 Å². The van der Waals surface area contributed by atoms with Crippen LogP contribution in [0.25, 0.3) is 0 Å². The minimum atomic E-state index is -0.597. The molecule has 1 aliphatic heterocycles. The van der Waals surface area contributed by atoms with E-state index in [1.165, 1.54) is 6.07 Å². The summed E-state index contributed by atoms with van der Waals surface area (Å²) < 4.78 is 4.98. The van der Waals surface area contributed by atoms with Crippen LogP contribution in [0, 0.1) is 13.8 Å². The van der Waals surface area contributed by atoms with Crippen molar-refractivity contribution in [2.75, 3.05) is 16.8 Å². The topological polar surface area (TPSA) is 75.7 Å². The van der Waals surface area contributed by atoms with Gasteiger partial charge in [0, 0.05) is 5.69 Å². The Balaban J connectivity index is 1.89. The first-order valence-corrected chi connectivity index (χ1v) is 9.10. The first-order chi connectivity index (χ1) is 13.3.